The summed E-state index contributed by atoms with van der Waals surface area (Å²) in [5, 5.41) is 0. The number of amidine groups is 1. The number of likely N-dealkylation sites (N-methyl/N-ethyl adjacent to an activating group) is 1. The molecule has 0 N–H and O–H groups in total. The van der Waals surface area contributed by atoms with Crippen LogP contribution in [-0.2, 0) is 0 Å². The Hall–Kier alpha value is -0.790. The first kappa shape index (κ1) is 8.31. The molecule has 0 radical (unpaired) electrons. The number of rotatable bonds is 1. The molecule has 62 valence electrons. The summed E-state index contributed by atoms with van der Waals surface area (Å²) in [4.78, 5) is 6.47. The third-order valence-corrected chi connectivity index (χ3v) is 2.24. The number of hydrogen-bond acceptors (Lipinski definition) is 1. The fourth-order valence-corrected chi connectivity index (χ4v) is 1.45. The molecular weight excluding hydrogens is 136 g/mol. The summed E-state index contributed by atoms with van der Waals surface area (Å²) in [5.41, 5.74) is 0. The van der Waals surface area contributed by atoms with Gasteiger partial charge in [0.05, 0.1) is 0 Å². The lowest BCUT2D eigenvalue weighted by atomic mass is 10.1. The average Bonchev–Trinajstić information content (AvgIpc) is 2.05. The summed E-state index contributed by atoms with van der Waals surface area (Å²) < 4.78 is 0. The zero-order valence-electron chi connectivity index (χ0n) is 7.54. The van der Waals surface area contributed by atoms with E-state index in [0.29, 0.717) is 6.04 Å². The second-order valence-corrected chi connectivity index (χ2v) is 2.86. The normalized spacial score (nSPS) is 28.1. The van der Waals surface area contributed by atoms with E-state index < -0.39 is 0 Å². The van der Waals surface area contributed by atoms with E-state index in [9.17, 15) is 0 Å². The van der Waals surface area contributed by atoms with E-state index in [-0.39, 0.29) is 0 Å². The highest BCUT2D eigenvalue weighted by atomic mass is 15.2. The number of aliphatic imine (C=N–C) groups is 1. The molecule has 0 amide bonds. The highest BCUT2D eigenvalue weighted by Gasteiger charge is 2.15. The van der Waals surface area contributed by atoms with Crippen molar-refractivity contribution in [1.82, 2.24) is 4.90 Å². The van der Waals surface area contributed by atoms with Crippen LogP contribution in [0.1, 0.15) is 19.8 Å². The van der Waals surface area contributed by atoms with Crippen LogP contribution in [-0.4, -0.2) is 30.9 Å². The fourth-order valence-electron chi connectivity index (χ4n) is 1.45. The van der Waals surface area contributed by atoms with E-state index in [1.807, 2.05) is 7.05 Å². The predicted octanol–water partition coefficient (Wildman–Crippen LogP) is 1.69. The quantitative estimate of drug-likeness (QED) is 0.522. The van der Waals surface area contributed by atoms with Gasteiger partial charge in [0.1, 0.15) is 5.84 Å². The van der Waals surface area contributed by atoms with Crippen LogP contribution in [0.5, 0.6) is 0 Å². The molecule has 2 nitrogen and oxygen atoms in total. The fraction of sp³-hybridized carbons (Fsp3) is 0.667. The van der Waals surface area contributed by atoms with Gasteiger partial charge in [-0.2, -0.15) is 0 Å². The van der Waals surface area contributed by atoms with Gasteiger partial charge in [0.25, 0.3) is 0 Å². The summed E-state index contributed by atoms with van der Waals surface area (Å²) in [7, 11) is 3.97. The molecule has 0 aliphatic carbocycles. The van der Waals surface area contributed by atoms with Gasteiger partial charge in [0.15, 0.2) is 0 Å². The molecular formula is C9H16N2. The molecule has 1 aliphatic heterocycles. The van der Waals surface area contributed by atoms with Gasteiger partial charge in [-0.3, -0.25) is 4.99 Å². The maximum Gasteiger partial charge on any atom is 0.103 e. The van der Waals surface area contributed by atoms with Gasteiger partial charge in [-0.25, -0.2) is 0 Å². The van der Waals surface area contributed by atoms with E-state index in [4.69, 9.17) is 0 Å². The van der Waals surface area contributed by atoms with Crippen molar-refractivity contribution in [3.8, 4) is 0 Å². The Morgan fingerprint density at radius 1 is 1.73 bits per heavy atom. The van der Waals surface area contributed by atoms with Crippen LogP contribution in [0.4, 0.5) is 0 Å². The van der Waals surface area contributed by atoms with Gasteiger partial charge >= 0.3 is 0 Å². The molecule has 1 atom stereocenters. The van der Waals surface area contributed by atoms with Crippen LogP contribution in [0.15, 0.2) is 17.1 Å². The van der Waals surface area contributed by atoms with Crippen LogP contribution in [0.3, 0.4) is 0 Å². The predicted molar refractivity (Wildman–Crippen MR) is 49.0 cm³/mol. The maximum atomic E-state index is 4.22. The first-order valence-electron chi connectivity index (χ1n) is 4.14. The smallest absolute Gasteiger partial charge is 0.103 e. The molecule has 2 heteroatoms. The Labute approximate surface area is 68.6 Å². The minimum absolute atomic E-state index is 0.558. The van der Waals surface area contributed by atoms with E-state index in [1.54, 1.807) is 0 Å². The van der Waals surface area contributed by atoms with Crippen LogP contribution < -0.4 is 0 Å². The molecule has 1 unspecified atom stereocenters. The molecule has 1 aliphatic rings. The van der Waals surface area contributed by atoms with Crippen molar-refractivity contribution in [3.05, 3.63) is 12.2 Å². The zero-order valence-corrected chi connectivity index (χ0v) is 7.54. The van der Waals surface area contributed by atoms with Crippen LogP contribution in [0.2, 0.25) is 0 Å². The third-order valence-electron chi connectivity index (χ3n) is 2.24. The third kappa shape index (κ3) is 1.62. The highest BCUT2D eigenvalue weighted by molar-refractivity contribution is 5.84. The molecule has 0 aromatic rings. The van der Waals surface area contributed by atoms with Crippen molar-refractivity contribution in [3.63, 3.8) is 0 Å². The van der Waals surface area contributed by atoms with E-state index in [0.717, 1.165) is 12.8 Å². The largest absolute Gasteiger partial charge is 0.357 e. The molecule has 0 aromatic carbocycles. The number of hydrogen-bond donors (Lipinski definition) is 0. The van der Waals surface area contributed by atoms with Crippen molar-refractivity contribution < 1.29 is 0 Å². The van der Waals surface area contributed by atoms with Crippen molar-refractivity contribution in [2.24, 2.45) is 4.99 Å². The topological polar surface area (TPSA) is 15.6 Å². The average molecular weight is 152 g/mol. The van der Waals surface area contributed by atoms with Crippen molar-refractivity contribution >= 4 is 5.84 Å². The van der Waals surface area contributed by atoms with Crippen molar-refractivity contribution in [2.75, 3.05) is 14.1 Å². The standard InChI is InChI=1S/C9H16N2/c1-4-8-6-5-7-9(10-2)11(8)3/h5-6,8H,4,7H2,1-3H3. The Morgan fingerprint density at radius 3 is 3.00 bits per heavy atom. The minimum Gasteiger partial charge on any atom is -0.357 e. The lowest BCUT2D eigenvalue weighted by Gasteiger charge is -2.30. The molecule has 11 heavy (non-hydrogen) atoms. The summed E-state index contributed by atoms with van der Waals surface area (Å²) in [6.07, 6.45) is 6.61. The molecule has 0 saturated carbocycles. The molecule has 0 fully saturated rings. The van der Waals surface area contributed by atoms with Crippen molar-refractivity contribution in [1.29, 1.82) is 0 Å². The summed E-state index contributed by atoms with van der Waals surface area (Å²) >= 11 is 0. The molecule has 1 heterocycles. The van der Waals surface area contributed by atoms with E-state index in [1.165, 1.54) is 5.84 Å². The van der Waals surface area contributed by atoms with E-state index >= 15 is 0 Å². The Bertz CT molecular complexity index is 182. The molecule has 0 saturated heterocycles. The first-order valence-corrected chi connectivity index (χ1v) is 4.14. The second-order valence-electron chi connectivity index (χ2n) is 2.86. The lowest BCUT2D eigenvalue weighted by Crippen LogP contribution is -2.37. The molecule has 1 rings (SSSR count). The first-order chi connectivity index (χ1) is 5.29. The monoisotopic (exact) mass is 152 g/mol. The van der Waals surface area contributed by atoms with Gasteiger partial charge in [0.2, 0.25) is 0 Å². The van der Waals surface area contributed by atoms with Gasteiger partial charge in [0, 0.05) is 26.6 Å². The zero-order chi connectivity index (χ0) is 8.27. The second kappa shape index (κ2) is 3.56. The van der Waals surface area contributed by atoms with Crippen LogP contribution in [0.25, 0.3) is 0 Å². The van der Waals surface area contributed by atoms with Crippen molar-refractivity contribution in [2.45, 2.75) is 25.8 Å². The van der Waals surface area contributed by atoms with Gasteiger partial charge in [-0.1, -0.05) is 19.1 Å². The minimum atomic E-state index is 0.558. The van der Waals surface area contributed by atoms with E-state index in [2.05, 4.69) is 36.0 Å². The highest BCUT2D eigenvalue weighted by Crippen LogP contribution is 2.12. The van der Waals surface area contributed by atoms with Crippen LogP contribution in [0, 0.1) is 0 Å². The van der Waals surface area contributed by atoms with Gasteiger partial charge in [-0.15, -0.1) is 0 Å². The Kier molecular flexibility index (Phi) is 2.69. The molecule has 0 aromatic heterocycles. The molecule has 0 spiro atoms. The SMILES string of the molecule is CCC1C=CCC(=NC)N1C. The van der Waals surface area contributed by atoms with Crippen LogP contribution >= 0.6 is 0 Å². The Morgan fingerprint density at radius 2 is 2.45 bits per heavy atom. The summed E-state index contributed by atoms with van der Waals surface area (Å²) in [6, 6.07) is 0.558. The Balaban J connectivity index is 2.73. The van der Waals surface area contributed by atoms with Gasteiger partial charge < -0.3 is 4.90 Å². The molecule has 0 bridgehead atoms. The summed E-state index contributed by atoms with van der Waals surface area (Å²) in [5.74, 6) is 1.19. The lowest BCUT2D eigenvalue weighted by molar-refractivity contribution is 0.401. The van der Waals surface area contributed by atoms with Gasteiger partial charge in [-0.05, 0) is 6.42 Å². The maximum absolute atomic E-state index is 4.22. The summed E-state index contributed by atoms with van der Waals surface area (Å²) in [6.45, 7) is 2.20. The number of nitrogens with zero attached hydrogens (tertiary/aromatic N) is 2.